The van der Waals surface area contributed by atoms with Gasteiger partial charge in [-0.05, 0) is 31.7 Å². The Morgan fingerprint density at radius 1 is 1.42 bits per heavy atom. The minimum absolute atomic E-state index is 0.0777. The van der Waals surface area contributed by atoms with Crippen LogP contribution < -0.4 is 21.7 Å². The van der Waals surface area contributed by atoms with Gasteiger partial charge in [0, 0.05) is 13.1 Å². The third-order valence-corrected chi connectivity index (χ3v) is 3.16. The Morgan fingerprint density at radius 3 is 2.68 bits per heavy atom. The Bertz CT molecular complexity index is 301. The summed E-state index contributed by atoms with van der Waals surface area (Å²) in [5, 5.41) is 8.71. The maximum Gasteiger partial charge on any atom is 0.242 e. The van der Waals surface area contributed by atoms with Gasteiger partial charge in [0.05, 0.1) is 6.04 Å². The minimum atomic E-state index is -0.471. The number of carbonyl (C=O) groups excluding carboxylic acids is 2. The van der Waals surface area contributed by atoms with Gasteiger partial charge in [0.15, 0.2) is 0 Å². The van der Waals surface area contributed by atoms with Crippen LogP contribution in [0.15, 0.2) is 0 Å². The van der Waals surface area contributed by atoms with Crippen molar-refractivity contribution in [3.8, 4) is 0 Å². The van der Waals surface area contributed by atoms with Gasteiger partial charge in [-0.1, -0.05) is 13.8 Å². The molecule has 0 aromatic rings. The van der Waals surface area contributed by atoms with Gasteiger partial charge in [0.1, 0.15) is 6.04 Å². The van der Waals surface area contributed by atoms with E-state index in [-0.39, 0.29) is 17.9 Å². The van der Waals surface area contributed by atoms with Crippen LogP contribution in [0.3, 0.4) is 0 Å². The molecule has 1 heterocycles. The Hall–Kier alpha value is -1.14. The summed E-state index contributed by atoms with van der Waals surface area (Å²) in [7, 11) is 0. The highest BCUT2D eigenvalue weighted by Gasteiger charge is 2.27. The molecule has 5 N–H and O–H groups in total. The van der Waals surface area contributed by atoms with Gasteiger partial charge in [0.25, 0.3) is 0 Å². The highest BCUT2D eigenvalue weighted by Crippen LogP contribution is 2.08. The third kappa shape index (κ3) is 5.57. The Morgan fingerprint density at radius 2 is 2.16 bits per heavy atom. The molecule has 0 aromatic heterocycles. The number of carbonyl (C=O) groups is 2. The summed E-state index contributed by atoms with van der Waals surface area (Å²) in [4.78, 5) is 24.0. The van der Waals surface area contributed by atoms with Crippen molar-refractivity contribution in [1.29, 1.82) is 0 Å². The quantitative estimate of drug-likeness (QED) is 0.494. The summed E-state index contributed by atoms with van der Waals surface area (Å²) < 4.78 is 0. The van der Waals surface area contributed by atoms with E-state index in [9.17, 15) is 9.59 Å². The topological polar surface area (TPSA) is 96.2 Å². The molecule has 2 atom stereocenters. The Balaban J connectivity index is 2.52. The maximum absolute atomic E-state index is 12.0. The van der Waals surface area contributed by atoms with Gasteiger partial charge in [-0.2, -0.15) is 0 Å². The molecular formula is C13H26N4O2. The average molecular weight is 270 g/mol. The first-order valence-electron chi connectivity index (χ1n) is 7.06. The second-order valence-electron chi connectivity index (χ2n) is 5.42. The minimum Gasteiger partial charge on any atom is -0.353 e. The Labute approximate surface area is 114 Å². The van der Waals surface area contributed by atoms with Crippen molar-refractivity contribution in [2.75, 3.05) is 19.6 Å². The predicted molar refractivity (Wildman–Crippen MR) is 74.5 cm³/mol. The number of nitrogens with two attached hydrogens (primary N) is 1. The number of hydrogen-bond donors (Lipinski definition) is 4. The summed E-state index contributed by atoms with van der Waals surface area (Å²) in [5.41, 5.74) is 5.37. The molecule has 0 aliphatic carbocycles. The van der Waals surface area contributed by atoms with Gasteiger partial charge >= 0.3 is 0 Å². The third-order valence-electron chi connectivity index (χ3n) is 3.16. The number of amides is 2. The first-order valence-corrected chi connectivity index (χ1v) is 7.06. The molecule has 0 saturated carbocycles. The van der Waals surface area contributed by atoms with Crippen LogP contribution in [0.4, 0.5) is 0 Å². The number of rotatable bonds is 7. The van der Waals surface area contributed by atoms with Crippen LogP contribution >= 0.6 is 0 Å². The van der Waals surface area contributed by atoms with Gasteiger partial charge < -0.3 is 21.7 Å². The zero-order valence-corrected chi connectivity index (χ0v) is 11.9. The molecule has 1 saturated heterocycles. The van der Waals surface area contributed by atoms with Crippen molar-refractivity contribution in [2.45, 2.75) is 45.2 Å². The monoisotopic (exact) mass is 270 g/mol. The van der Waals surface area contributed by atoms with Crippen molar-refractivity contribution in [3.63, 3.8) is 0 Å². The highest BCUT2D eigenvalue weighted by atomic mass is 16.2. The lowest BCUT2D eigenvalue weighted by Crippen LogP contribution is -2.52. The first-order chi connectivity index (χ1) is 9.04. The van der Waals surface area contributed by atoms with Crippen molar-refractivity contribution in [2.24, 2.45) is 11.7 Å². The molecule has 0 radical (unpaired) electrons. The zero-order chi connectivity index (χ0) is 14.3. The van der Waals surface area contributed by atoms with Gasteiger partial charge in [-0.3, -0.25) is 9.59 Å². The van der Waals surface area contributed by atoms with Crippen LogP contribution in [0.25, 0.3) is 0 Å². The van der Waals surface area contributed by atoms with E-state index in [0.29, 0.717) is 25.4 Å². The van der Waals surface area contributed by atoms with Crippen molar-refractivity contribution >= 4 is 11.8 Å². The molecule has 2 amide bonds. The van der Waals surface area contributed by atoms with E-state index >= 15 is 0 Å². The average Bonchev–Trinajstić information content (AvgIpc) is 2.88. The van der Waals surface area contributed by atoms with Crippen LogP contribution in [0.1, 0.15) is 33.1 Å². The van der Waals surface area contributed by atoms with Crippen molar-refractivity contribution < 1.29 is 9.59 Å². The fourth-order valence-corrected chi connectivity index (χ4v) is 2.20. The summed E-state index contributed by atoms with van der Waals surface area (Å²) in [6.45, 7) is 5.77. The van der Waals surface area contributed by atoms with Crippen molar-refractivity contribution in [1.82, 2.24) is 16.0 Å². The van der Waals surface area contributed by atoms with E-state index in [0.717, 1.165) is 19.4 Å². The second kappa shape index (κ2) is 8.12. The van der Waals surface area contributed by atoms with E-state index < -0.39 is 6.04 Å². The van der Waals surface area contributed by atoms with Gasteiger partial charge in [-0.25, -0.2) is 0 Å². The normalized spacial score (nSPS) is 20.3. The molecule has 110 valence electrons. The molecule has 0 unspecified atom stereocenters. The molecule has 6 nitrogen and oxygen atoms in total. The lowest BCUT2D eigenvalue weighted by Gasteiger charge is -2.22. The van der Waals surface area contributed by atoms with E-state index in [1.54, 1.807) is 0 Å². The van der Waals surface area contributed by atoms with Crippen LogP contribution in [-0.2, 0) is 9.59 Å². The van der Waals surface area contributed by atoms with Crippen LogP contribution in [0.2, 0.25) is 0 Å². The van der Waals surface area contributed by atoms with Crippen LogP contribution in [-0.4, -0.2) is 43.5 Å². The molecule has 0 bridgehead atoms. The van der Waals surface area contributed by atoms with Crippen LogP contribution in [0.5, 0.6) is 0 Å². The number of hydrogen-bond acceptors (Lipinski definition) is 4. The maximum atomic E-state index is 12.0. The van der Waals surface area contributed by atoms with Crippen LogP contribution in [0, 0.1) is 5.92 Å². The summed E-state index contributed by atoms with van der Waals surface area (Å²) in [6, 6.07) is -0.626. The lowest BCUT2D eigenvalue weighted by molar-refractivity contribution is -0.130. The fourth-order valence-electron chi connectivity index (χ4n) is 2.20. The lowest BCUT2D eigenvalue weighted by atomic mass is 10.0. The molecule has 0 spiro atoms. The Kier molecular flexibility index (Phi) is 6.80. The first kappa shape index (κ1) is 15.9. The van der Waals surface area contributed by atoms with Gasteiger partial charge in [-0.15, -0.1) is 0 Å². The molecule has 0 aromatic carbocycles. The summed E-state index contributed by atoms with van der Waals surface area (Å²) >= 11 is 0. The SMILES string of the molecule is CC(C)C[C@H](NC(=O)[C@@H]1CCCN1)C(=O)NCCN. The number of nitrogens with one attached hydrogen (secondary N) is 3. The summed E-state index contributed by atoms with van der Waals surface area (Å²) in [6.07, 6.45) is 2.48. The molecule has 6 heteroatoms. The molecule has 1 rings (SSSR count). The predicted octanol–water partition coefficient (Wildman–Crippen LogP) is -0.656. The zero-order valence-electron chi connectivity index (χ0n) is 11.9. The fraction of sp³-hybridized carbons (Fsp3) is 0.846. The second-order valence-corrected chi connectivity index (χ2v) is 5.42. The van der Waals surface area contributed by atoms with Gasteiger partial charge in [0.2, 0.25) is 11.8 Å². The standard InChI is InChI=1S/C13H26N4O2/c1-9(2)8-11(12(18)16-7-5-14)17-13(19)10-4-3-6-15-10/h9-11,15H,3-8,14H2,1-2H3,(H,16,18)(H,17,19)/t10-,11-/m0/s1. The summed E-state index contributed by atoms with van der Waals surface area (Å²) in [5.74, 6) is 0.113. The molecular weight excluding hydrogens is 244 g/mol. The molecule has 1 aliphatic heterocycles. The van der Waals surface area contributed by atoms with Crippen molar-refractivity contribution in [3.05, 3.63) is 0 Å². The molecule has 1 fully saturated rings. The van der Waals surface area contributed by atoms with E-state index in [2.05, 4.69) is 16.0 Å². The smallest absolute Gasteiger partial charge is 0.242 e. The van der Waals surface area contributed by atoms with E-state index in [4.69, 9.17) is 5.73 Å². The van der Waals surface area contributed by atoms with E-state index in [1.807, 2.05) is 13.8 Å². The van der Waals surface area contributed by atoms with E-state index in [1.165, 1.54) is 0 Å². The highest BCUT2D eigenvalue weighted by molar-refractivity contribution is 5.89. The largest absolute Gasteiger partial charge is 0.353 e. The molecule has 1 aliphatic rings. The molecule has 19 heavy (non-hydrogen) atoms.